The molecule has 0 unspecified atom stereocenters. The summed E-state index contributed by atoms with van der Waals surface area (Å²) < 4.78 is 0. The number of H-pyrrole nitrogens is 1. The lowest BCUT2D eigenvalue weighted by Crippen LogP contribution is -1.92. The molecule has 3 heteroatoms. The van der Waals surface area contributed by atoms with Gasteiger partial charge in [-0.1, -0.05) is 31.5 Å². The van der Waals surface area contributed by atoms with Gasteiger partial charge in [0.2, 0.25) is 0 Å². The minimum atomic E-state index is 0.968. The largest absolute Gasteiger partial charge is 0.339 e. The lowest BCUT2D eigenvalue weighted by molar-refractivity contribution is 0.936. The maximum atomic E-state index is 4.74. The monoisotopic (exact) mass is 261 g/mol. The number of hydrogen-bond donors (Lipinski definition) is 1. The molecular weight excluding hydrogens is 246 g/mol. The van der Waals surface area contributed by atoms with Gasteiger partial charge in [0.25, 0.3) is 0 Å². The minimum absolute atomic E-state index is 0.968. The molecule has 4 aromatic rings. The fourth-order valence-corrected chi connectivity index (χ4v) is 3.01. The first-order chi connectivity index (χ1) is 9.88. The number of hydrogen-bond acceptors (Lipinski definition) is 2. The summed E-state index contributed by atoms with van der Waals surface area (Å²) >= 11 is 0. The molecule has 0 radical (unpaired) electrons. The van der Waals surface area contributed by atoms with Crippen LogP contribution in [0.1, 0.15) is 18.9 Å². The van der Waals surface area contributed by atoms with Crippen molar-refractivity contribution in [3.05, 3.63) is 48.3 Å². The van der Waals surface area contributed by atoms with Crippen molar-refractivity contribution in [2.75, 3.05) is 0 Å². The molecule has 0 aliphatic heterocycles. The van der Waals surface area contributed by atoms with Gasteiger partial charge in [-0.3, -0.25) is 4.98 Å². The molecule has 20 heavy (non-hydrogen) atoms. The van der Waals surface area contributed by atoms with Gasteiger partial charge in [-0.05, 0) is 24.1 Å². The van der Waals surface area contributed by atoms with E-state index in [1.165, 1.54) is 21.7 Å². The Kier molecular flexibility index (Phi) is 2.46. The number of rotatable bonds is 2. The molecule has 0 aliphatic rings. The Labute approximate surface area is 116 Å². The molecule has 3 aromatic heterocycles. The number of nitrogens with zero attached hydrogens (tertiary/aromatic N) is 2. The zero-order valence-corrected chi connectivity index (χ0v) is 11.4. The van der Waals surface area contributed by atoms with E-state index in [1.54, 1.807) is 0 Å². The van der Waals surface area contributed by atoms with E-state index in [0.29, 0.717) is 0 Å². The number of pyridine rings is 2. The van der Waals surface area contributed by atoms with E-state index in [1.807, 2.05) is 12.4 Å². The summed E-state index contributed by atoms with van der Waals surface area (Å²) in [6.45, 7) is 2.22. The van der Waals surface area contributed by atoms with Gasteiger partial charge < -0.3 is 4.98 Å². The van der Waals surface area contributed by atoms with E-state index in [-0.39, 0.29) is 0 Å². The van der Waals surface area contributed by atoms with Crippen LogP contribution in [0.5, 0.6) is 0 Å². The molecule has 3 heterocycles. The van der Waals surface area contributed by atoms with Crippen molar-refractivity contribution >= 4 is 32.8 Å². The molecule has 4 rings (SSSR count). The van der Waals surface area contributed by atoms with E-state index in [4.69, 9.17) is 4.98 Å². The Hall–Kier alpha value is -2.42. The maximum Gasteiger partial charge on any atom is 0.139 e. The van der Waals surface area contributed by atoms with Gasteiger partial charge >= 0.3 is 0 Å². The number of nitrogens with one attached hydrogen (secondary N) is 1. The fourth-order valence-electron chi connectivity index (χ4n) is 3.01. The average molecular weight is 261 g/mol. The number of aryl methyl sites for hydroxylation is 1. The van der Waals surface area contributed by atoms with Gasteiger partial charge in [-0.15, -0.1) is 0 Å². The summed E-state index contributed by atoms with van der Waals surface area (Å²) in [5.74, 6) is 0. The van der Waals surface area contributed by atoms with Gasteiger partial charge in [0, 0.05) is 27.9 Å². The maximum absolute atomic E-state index is 4.74. The van der Waals surface area contributed by atoms with Crippen molar-refractivity contribution in [2.24, 2.45) is 0 Å². The van der Waals surface area contributed by atoms with Crippen LogP contribution in [0.15, 0.2) is 42.7 Å². The summed E-state index contributed by atoms with van der Waals surface area (Å²) in [6.07, 6.45) is 5.88. The molecule has 3 nitrogen and oxygen atoms in total. The highest BCUT2D eigenvalue weighted by Crippen LogP contribution is 2.32. The molecule has 98 valence electrons. The second-order valence-electron chi connectivity index (χ2n) is 5.13. The topological polar surface area (TPSA) is 41.6 Å². The van der Waals surface area contributed by atoms with Crippen LogP contribution >= 0.6 is 0 Å². The SMILES string of the molecule is CCCc1c2ccncc2nc2[nH]c3ccccc3c12. The van der Waals surface area contributed by atoms with Gasteiger partial charge in [0.05, 0.1) is 11.7 Å². The Morgan fingerprint density at radius 2 is 2.00 bits per heavy atom. The molecule has 0 bridgehead atoms. The molecular formula is C17H15N3. The summed E-state index contributed by atoms with van der Waals surface area (Å²) in [7, 11) is 0. The quantitative estimate of drug-likeness (QED) is 0.587. The fraction of sp³-hybridized carbons (Fsp3) is 0.176. The number of aromatic amines is 1. The normalized spacial score (nSPS) is 11.7. The van der Waals surface area contributed by atoms with Crippen LogP contribution in [0.3, 0.4) is 0 Å². The number of para-hydroxylation sites is 1. The third-order valence-electron chi connectivity index (χ3n) is 3.85. The van der Waals surface area contributed by atoms with Crippen molar-refractivity contribution in [3.8, 4) is 0 Å². The van der Waals surface area contributed by atoms with Crippen molar-refractivity contribution in [2.45, 2.75) is 19.8 Å². The van der Waals surface area contributed by atoms with Gasteiger partial charge in [-0.2, -0.15) is 0 Å². The summed E-state index contributed by atoms with van der Waals surface area (Å²) in [5, 5.41) is 3.75. The lowest BCUT2D eigenvalue weighted by atomic mass is 10.0. The lowest BCUT2D eigenvalue weighted by Gasteiger charge is -2.07. The third-order valence-corrected chi connectivity index (χ3v) is 3.85. The van der Waals surface area contributed by atoms with Gasteiger partial charge in [0.1, 0.15) is 5.65 Å². The third kappa shape index (κ3) is 1.53. The molecule has 0 atom stereocenters. The van der Waals surface area contributed by atoms with Crippen LogP contribution in [0.25, 0.3) is 32.8 Å². The summed E-state index contributed by atoms with van der Waals surface area (Å²) in [6, 6.07) is 10.5. The van der Waals surface area contributed by atoms with E-state index in [9.17, 15) is 0 Å². The summed E-state index contributed by atoms with van der Waals surface area (Å²) in [4.78, 5) is 12.4. The minimum Gasteiger partial charge on any atom is -0.339 e. The Morgan fingerprint density at radius 1 is 1.10 bits per heavy atom. The second-order valence-corrected chi connectivity index (χ2v) is 5.13. The summed E-state index contributed by atoms with van der Waals surface area (Å²) in [5.41, 5.74) is 4.47. The first-order valence-electron chi connectivity index (χ1n) is 7.01. The van der Waals surface area contributed by atoms with Crippen LogP contribution in [-0.2, 0) is 6.42 Å². The van der Waals surface area contributed by atoms with E-state index in [2.05, 4.69) is 47.2 Å². The van der Waals surface area contributed by atoms with Gasteiger partial charge in [-0.25, -0.2) is 4.98 Å². The highest BCUT2D eigenvalue weighted by atomic mass is 14.9. The second kappa shape index (κ2) is 4.30. The highest BCUT2D eigenvalue weighted by Gasteiger charge is 2.13. The molecule has 0 amide bonds. The predicted molar refractivity (Wildman–Crippen MR) is 82.9 cm³/mol. The van der Waals surface area contributed by atoms with Crippen LogP contribution < -0.4 is 0 Å². The Morgan fingerprint density at radius 3 is 2.90 bits per heavy atom. The highest BCUT2D eigenvalue weighted by molar-refractivity contribution is 6.12. The van der Waals surface area contributed by atoms with Gasteiger partial charge in [0.15, 0.2) is 0 Å². The molecule has 0 spiro atoms. The molecule has 0 fully saturated rings. The Bertz CT molecular complexity index is 921. The first kappa shape index (κ1) is 11.4. The van der Waals surface area contributed by atoms with Crippen LogP contribution in [-0.4, -0.2) is 15.0 Å². The molecule has 0 saturated carbocycles. The standard InChI is InChI=1S/C17H15N3/c1-2-5-12-11-8-9-18-10-15(11)20-17-16(12)13-6-3-4-7-14(13)19-17/h3-4,6-10H,2,5H2,1H3,(H,19,20). The van der Waals surface area contributed by atoms with Crippen LogP contribution in [0, 0.1) is 0 Å². The average Bonchev–Trinajstić information content (AvgIpc) is 2.85. The van der Waals surface area contributed by atoms with E-state index in [0.717, 1.165) is 29.5 Å². The zero-order valence-electron chi connectivity index (χ0n) is 11.4. The van der Waals surface area contributed by atoms with E-state index >= 15 is 0 Å². The van der Waals surface area contributed by atoms with Crippen molar-refractivity contribution in [1.29, 1.82) is 0 Å². The van der Waals surface area contributed by atoms with E-state index < -0.39 is 0 Å². The molecule has 0 saturated heterocycles. The first-order valence-corrected chi connectivity index (χ1v) is 7.01. The smallest absolute Gasteiger partial charge is 0.139 e. The zero-order chi connectivity index (χ0) is 13.5. The number of aromatic nitrogens is 3. The van der Waals surface area contributed by atoms with Crippen molar-refractivity contribution in [3.63, 3.8) is 0 Å². The Balaban J connectivity index is 2.26. The molecule has 1 N–H and O–H groups in total. The number of fused-ring (bicyclic) bond motifs is 4. The predicted octanol–water partition coefficient (Wildman–Crippen LogP) is 4.22. The van der Waals surface area contributed by atoms with Crippen LogP contribution in [0.2, 0.25) is 0 Å². The van der Waals surface area contributed by atoms with Crippen molar-refractivity contribution in [1.82, 2.24) is 15.0 Å². The molecule has 1 aromatic carbocycles. The van der Waals surface area contributed by atoms with Crippen LogP contribution in [0.4, 0.5) is 0 Å². The molecule has 0 aliphatic carbocycles. The number of benzene rings is 1. The van der Waals surface area contributed by atoms with Crippen molar-refractivity contribution < 1.29 is 0 Å².